The number of rotatable bonds is 5. The average Bonchev–Trinajstić information content (AvgIpc) is 2.37. The summed E-state index contributed by atoms with van der Waals surface area (Å²) in [6, 6.07) is 5.15. The number of nitrogens with one attached hydrogen (secondary N) is 1. The van der Waals surface area contributed by atoms with E-state index in [1.807, 2.05) is 6.07 Å². The van der Waals surface area contributed by atoms with E-state index in [9.17, 15) is 4.39 Å². The van der Waals surface area contributed by atoms with Crippen LogP contribution in [-0.4, -0.2) is 31.1 Å². The van der Waals surface area contributed by atoms with E-state index >= 15 is 0 Å². The summed E-state index contributed by atoms with van der Waals surface area (Å²) in [5.41, 5.74) is 1.05. The molecule has 2 nitrogen and oxygen atoms in total. The summed E-state index contributed by atoms with van der Waals surface area (Å²) >= 11 is 3.35. The molecule has 1 aromatic carbocycles. The number of benzene rings is 1. The highest BCUT2D eigenvalue weighted by Crippen LogP contribution is 2.20. The van der Waals surface area contributed by atoms with Crippen molar-refractivity contribution in [3.05, 3.63) is 34.1 Å². The molecule has 0 aromatic heterocycles. The average molecular weight is 366 g/mol. The number of halogens is 3. The molecule has 1 saturated heterocycles. The van der Waals surface area contributed by atoms with Crippen LogP contribution in [0.2, 0.25) is 0 Å². The number of nitrogens with zero attached hydrogens (tertiary/aromatic N) is 1. The molecule has 1 aliphatic heterocycles. The lowest BCUT2D eigenvalue weighted by molar-refractivity contribution is 0.175. The van der Waals surface area contributed by atoms with Gasteiger partial charge in [-0.15, -0.1) is 12.4 Å². The predicted molar refractivity (Wildman–Crippen MR) is 87.9 cm³/mol. The van der Waals surface area contributed by atoms with Crippen molar-refractivity contribution in [1.82, 2.24) is 10.2 Å². The minimum absolute atomic E-state index is 0. The zero-order valence-electron chi connectivity index (χ0n) is 11.9. The van der Waals surface area contributed by atoms with Gasteiger partial charge in [0, 0.05) is 11.0 Å². The van der Waals surface area contributed by atoms with E-state index in [2.05, 4.69) is 33.1 Å². The van der Waals surface area contributed by atoms with Gasteiger partial charge in [0.1, 0.15) is 5.82 Å². The van der Waals surface area contributed by atoms with Crippen LogP contribution < -0.4 is 5.32 Å². The molecule has 0 bridgehead atoms. The standard InChI is InChI=1S/C15H22BrFN2.ClH/c1-2-18-10-12-3-5-19(6-4-12)11-13-7-14(16)9-15(17)8-13;/h7-9,12,18H,2-6,10-11H2,1H3;1H. The summed E-state index contributed by atoms with van der Waals surface area (Å²) in [5, 5.41) is 3.42. The van der Waals surface area contributed by atoms with Gasteiger partial charge in [0.05, 0.1) is 0 Å². The minimum Gasteiger partial charge on any atom is -0.317 e. The Hall–Kier alpha value is -0.160. The van der Waals surface area contributed by atoms with E-state index in [1.165, 1.54) is 18.9 Å². The van der Waals surface area contributed by atoms with Gasteiger partial charge in [-0.2, -0.15) is 0 Å². The maximum atomic E-state index is 13.3. The molecule has 5 heteroatoms. The van der Waals surface area contributed by atoms with Crippen molar-refractivity contribution in [2.75, 3.05) is 26.2 Å². The van der Waals surface area contributed by atoms with Crippen LogP contribution in [0.1, 0.15) is 25.3 Å². The number of likely N-dealkylation sites (tertiary alicyclic amines) is 1. The van der Waals surface area contributed by atoms with E-state index in [-0.39, 0.29) is 18.2 Å². The monoisotopic (exact) mass is 364 g/mol. The zero-order valence-corrected chi connectivity index (χ0v) is 14.3. The smallest absolute Gasteiger partial charge is 0.124 e. The van der Waals surface area contributed by atoms with Crippen LogP contribution in [0, 0.1) is 11.7 Å². The summed E-state index contributed by atoms with van der Waals surface area (Å²) in [7, 11) is 0. The second-order valence-corrected chi connectivity index (χ2v) is 6.22. The molecule has 1 N–H and O–H groups in total. The molecule has 2 rings (SSSR count). The van der Waals surface area contributed by atoms with Crippen molar-refractivity contribution >= 4 is 28.3 Å². The molecule has 1 aromatic rings. The Balaban J connectivity index is 0.00000200. The van der Waals surface area contributed by atoms with E-state index in [0.717, 1.165) is 48.7 Å². The highest BCUT2D eigenvalue weighted by Gasteiger charge is 2.18. The molecule has 0 unspecified atom stereocenters. The first kappa shape index (κ1) is 17.9. The molecule has 0 atom stereocenters. The molecule has 0 aliphatic carbocycles. The van der Waals surface area contributed by atoms with Crippen molar-refractivity contribution in [3.63, 3.8) is 0 Å². The minimum atomic E-state index is -0.161. The van der Waals surface area contributed by atoms with E-state index in [4.69, 9.17) is 0 Å². The number of piperidine rings is 1. The molecule has 0 saturated carbocycles. The summed E-state index contributed by atoms with van der Waals surface area (Å²) in [4.78, 5) is 2.42. The van der Waals surface area contributed by atoms with Gasteiger partial charge in [0.2, 0.25) is 0 Å². The summed E-state index contributed by atoms with van der Waals surface area (Å²) < 4.78 is 14.2. The Kier molecular flexibility index (Phi) is 8.03. The summed E-state index contributed by atoms with van der Waals surface area (Å²) in [6.07, 6.45) is 2.48. The van der Waals surface area contributed by atoms with Gasteiger partial charge in [0.25, 0.3) is 0 Å². The van der Waals surface area contributed by atoms with Gasteiger partial charge in [-0.3, -0.25) is 4.90 Å². The molecule has 0 amide bonds. The molecule has 0 spiro atoms. The van der Waals surface area contributed by atoms with Crippen LogP contribution in [0.15, 0.2) is 22.7 Å². The highest BCUT2D eigenvalue weighted by molar-refractivity contribution is 9.10. The van der Waals surface area contributed by atoms with E-state index in [0.29, 0.717) is 0 Å². The first-order valence-electron chi connectivity index (χ1n) is 7.05. The van der Waals surface area contributed by atoms with Gasteiger partial charge in [0.15, 0.2) is 0 Å². The van der Waals surface area contributed by atoms with Crippen molar-refractivity contribution in [3.8, 4) is 0 Å². The summed E-state index contributed by atoms with van der Waals surface area (Å²) in [5.74, 6) is 0.641. The van der Waals surface area contributed by atoms with Crippen LogP contribution in [-0.2, 0) is 6.54 Å². The third-order valence-electron chi connectivity index (χ3n) is 3.72. The topological polar surface area (TPSA) is 15.3 Å². The highest BCUT2D eigenvalue weighted by atomic mass is 79.9. The van der Waals surface area contributed by atoms with E-state index < -0.39 is 0 Å². The Bertz CT molecular complexity index is 389. The Morgan fingerprint density at radius 2 is 2.00 bits per heavy atom. The van der Waals surface area contributed by atoms with Crippen molar-refractivity contribution in [1.29, 1.82) is 0 Å². The number of hydrogen-bond donors (Lipinski definition) is 1. The van der Waals surface area contributed by atoms with Crippen LogP contribution in [0.25, 0.3) is 0 Å². The maximum absolute atomic E-state index is 13.3. The molecule has 114 valence electrons. The summed E-state index contributed by atoms with van der Waals surface area (Å²) in [6.45, 7) is 7.42. The van der Waals surface area contributed by atoms with Crippen molar-refractivity contribution in [2.24, 2.45) is 5.92 Å². The fraction of sp³-hybridized carbons (Fsp3) is 0.600. The molecule has 20 heavy (non-hydrogen) atoms. The zero-order chi connectivity index (χ0) is 13.7. The molecule has 1 heterocycles. The van der Waals surface area contributed by atoms with Gasteiger partial charge in [-0.25, -0.2) is 4.39 Å². The molecule has 1 aliphatic rings. The quantitative estimate of drug-likeness (QED) is 0.853. The lowest BCUT2D eigenvalue weighted by atomic mass is 9.96. The second kappa shape index (κ2) is 8.98. The molecular weight excluding hydrogens is 343 g/mol. The predicted octanol–water partition coefficient (Wildman–Crippen LogP) is 3.83. The van der Waals surface area contributed by atoms with Crippen LogP contribution in [0.4, 0.5) is 4.39 Å². The SMILES string of the molecule is CCNCC1CCN(Cc2cc(F)cc(Br)c2)CC1.Cl. The van der Waals surface area contributed by atoms with E-state index in [1.54, 1.807) is 6.07 Å². The normalized spacial score (nSPS) is 16.9. The third-order valence-corrected chi connectivity index (χ3v) is 4.18. The lowest BCUT2D eigenvalue weighted by Gasteiger charge is -2.32. The first-order valence-corrected chi connectivity index (χ1v) is 7.84. The Morgan fingerprint density at radius 1 is 1.30 bits per heavy atom. The van der Waals surface area contributed by atoms with Crippen molar-refractivity contribution in [2.45, 2.75) is 26.3 Å². The van der Waals surface area contributed by atoms with Gasteiger partial charge >= 0.3 is 0 Å². The molecule has 0 radical (unpaired) electrons. The number of hydrogen-bond acceptors (Lipinski definition) is 2. The third kappa shape index (κ3) is 5.68. The first-order chi connectivity index (χ1) is 9.17. The fourth-order valence-electron chi connectivity index (χ4n) is 2.66. The fourth-order valence-corrected chi connectivity index (χ4v) is 3.17. The molecule has 1 fully saturated rings. The van der Waals surface area contributed by atoms with Crippen LogP contribution >= 0.6 is 28.3 Å². The largest absolute Gasteiger partial charge is 0.317 e. The lowest BCUT2D eigenvalue weighted by Crippen LogP contribution is -2.36. The van der Waals surface area contributed by atoms with Gasteiger partial charge in [-0.05, 0) is 68.7 Å². The van der Waals surface area contributed by atoms with Crippen molar-refractivity contribution < 1.29 is 4.39 Å². The molecular formula is C15H23BrClFN2. The maximum Gasteiger partial charge on any atom is 0.124 e. The Morgan fingerprint density at radius 3 is 2.60 bits per heavy atom. The second-order valence-electron chi connectivity index (χ2n) is 5.30. The van der Waals surface area contributed by atoms with Gasteiger partial charge in [-0.1, -0.05) is 22.9 Å². The van der Waals surface area contributed by atoms with Crippen LogP contribution in [0.5, 0.6) is 0 Å². The Labute approximate surface area is 135 Å². The van der Waals surface area contributed by atoms with Gasteiger partial charge < -0.3 is 5.32 Å². The van der Waals surface area contributed by atoms with Crippen LogP contribution in [0.3, 0.4) is 0 Å².